The van der Waals surface area contributed by atoms with Gasteiger partial charge in [-0.05, 0) is 140 Å². The third kappa shape index (κ3) is 5.40. The summed E-state index contributed by atoms with van der Waals surface area (Å²) in [7, 11) is 0. The molecule has 0 spiro atoms. The standard InChI is InChI=1S/C57H44N2/c1-37-27-33-53(46-24-14-11-21-43(37)46)58(39-17-7-5-8-18-39)41-29-31-49-51(35-41)45-23-13-16-26-48(45)55-50-32-30-42(36-52(50)57(3,4)56(49)55)59(40-19-9-6-10-20-40)54-34-28-38(2)44-22-12-15-25-47(44)54/h5-36H,1-4H3. The molecule has 10 aromatic rings. The van der Waals surface area contributed by atoms with Gasteiger partial charge in [0.25, 0.3) is 0 Å². The van der Waals surface area contributed by atoms with Crippen LogP contribution in [0, 0.1) is 13.8 Å². The lowest BCUT2D eigenvalue weighted by Crippen LogP contribution is -2.17. The Morgan fingerprint density at radius 1 is 0.339 bits per heavy atom. The highest BCUT2D eigenvalue weighted by atomic mass is 15.1. The minimum absolute atomic E-state index is 0.269. The van der Waals surface area contributed by atoms with E-state index in [0.717, 1.165) is 22.7 Å². The van der Waals surface area contributed by atoms with Gasteiger partial charge in [-0.2, -0.15) is 0 Å². The van der Waals surface area contributed by atoms with Gasteiger partial charge in [0.1, 0.15) is 0 Å². The Balaban J connectivity index is 1.12. The molecule has 0 fully saturated rings. The van der Waals surface area contributed by atoms with E-state index in [1.807, 2.05) is 0 Å². The molecule has 0 radical (unpaired) electrons. The maximum atomic E-state index is 2.46. The summed E-state index contributed by atoms with van der Waals surface area (Å²) in [5.74, 6) is 0. The van der Waals surface area contributed by atoms with Crippen molar-refractivity contribution in [3.8, 4) is 11.1 Å². The van der Waals surface area contributed by atoms with E-state index in [0.29, 0.717) is 0 Å². The molecule has 0 N–H and O–H groups in total. The summed E-state index contributed by atoms with van der Waals surface area (Å²) < 4.78 is 0. The molecule has 1 aliphatic rings. The minimum Gasteiger partial charge on any atom is -0.310 e. The normalized spacial score (nSPS) is 12.9. The number of hydrogen-bond acceptors (Lipinski definition) is 2. The number of anilines is 6. The highest BCUT2D eigenvalue weighted by Crippen LogP contribution is 2.56. The quantitative estimate of drug-likeness (QED) is 0.156. The fraction of sp³-hybridized carbons (Fsp3) is 0.0877. The van der Waals surface area contributed by atoms with Crippen LogP contribution in [0.25, 0.3) is 54.2 Å². The predicted octanol–water partition coefficient (Wildman–Crippen LogP) is 16.2. The summed E-state index contributed by atoms with van der Waals surface area (Å²) in [6.45, 7) is 9.25. The van der Waals surface area contributed by atoms with Crippen molar-refractivity contribution < 1.29 is 0 Å². The third-order valence-corrected chi connectivity index (χ3v) is 12.8. The van der Waals surface area contributed by atoms with Crippen LogP contribution in [0.5, 0.6) is 0 Å². The summed E-state index contributed by atoms with van der Waals surface area (Å²) in [4.78, 5) is 4.87. The van der Waals surface area contributed by atoms with E-state index in [1.54, 1.807) is 0 Å². The molecule has 59 heavy (non-hydrogen) atoms. The zero-order valence-electron chi connectivity index (χ0n) is 33.9. The molecule has 0 bridgehead atoms. The number of nitrogens with zero attached hydrogens (tertiary/aromatic N) is 2. The largest absolute Gasteiger partial charge is 0.310 e. The summed E-state index contributed by atoms with van der Waals surface area (Å²) in [6, 6.07) is 71.7. The molecule has 1 aliphatic carbocycles. The summed E-state index contributed by atoms with van der Waals surface area (Å²) in [5, 5.41) is 10.2. The van der Waals surface area contributed by atoms with E-state index in [1.165, 1.54) is 87.8 Å². The molecule has 0 saturated heterocycles. The maximum Gasteiger partial charge on any atom is 0.0540 e. The van der Waals surface area contributed by atoms with Gasteiger partial charge in [-0.1, -0.05) is 147 Å². The van der Waals surface area contributed by atoms with Gasteiger partial charge in [0.05, 0.1) is 11.4 Å². The Morgan fingerprint density at radius 2 is 0.797 bits per heavy atom. The van der Waals surface area contributed by atoms with Crippen molar-refractivity contribution in [3.05, 3.63) is 216 Å². The average molecular weight is 757 g/mol. The number of hydrogen-bond donors (Lipinski definition) is 0. The second-order valence-corrected chi connectivity index (χ2v) is 16.6. The van der Waals surface area contributed by atoms with E-state index >= 15 is 0 Å². The zero-order chi connectivity index (χ0) is 39.8. The Bertz CT molecular complexity index is 3270. The van der Waals surface area contributed by atoms with E-state index < -0.39 is 0 Å². The highest BCUT2D eigenvalue weighted by molar-refractivity contribution is 6.19. The lowest BCUT2D eigenvalue weighted by Gasteiger charge is -2.30. The van der Waals surface area contributed by atoms with E-state index in [-0.39, 0.29) is 5.41 Å². The summed E-state index contributed by atoms with van der Waals surface area (Å²) in [6.07, 6.45) is 0. The average Bonchev–Trinajstić information content (AvgIpc) is 3.52. The second kappa shape index (κ2) is 13.5. The first-order valence-electron chi connectivity index (χ1n) is 20.7. The first kappa shape index (κ1) is 35.0. The lowest BCUT2D eigenvalue weighted by atomic mass is 9.79. The summed E-state index contributed by atoms with van der Waals surface area (Å²) >= 11 is 0. The van der Waals surface area contributed by atoms with Crippen molar-refractivity contribution in [2.24, 2.45) is 0 Å². The monoisotopic (exact) mass is 756 g/mol. The van der Waals surface area contributed by atoms with Crippen molar-refractivity contribution in [2.45, 2.75) is 33.1 Å². The molecule has 2 heteroatoms. The van der Waals surface area contributed by atoms with Crippen molar-refractivity contribution in [1.82, 2.24) is 0 Å². The first-order chi connectivity index (χ1) is 28.9. The number of rotatable bonds is 6. The van der Waals surface area contributed by atoms with Crippen LogP contribution in [-0.4, -0.2) is 0 Å². The molecule has 0 amide bonds. The number of fused-ring (bicyclic) bond motifs is 10. The minimum atomic E-state index is -0.269. The molecule has 10 aromatic carbocycles. The van der Waals surface area contributed by atoms with Gasteiger partial charge in [0.2, 0.25) is 0 Å². The van der Waals surface area contributed by atoms with E-state index in [2.05, 4.69) is 232 Å². The van der Waals surface area contributed by atoms with Crippen molar-refractivity contribution in [1.29, 1.82) is 0 Å². The van der Waals surface area contributed by atoms with Crippen LogP contribution in [0.15, 0.2) is 194 Å². The van der Waals surface area contributed by atoms with Gasteiger partial charge < -0.3 is 9.80 Å². The van der Waals surface area contributed by atoms with Crippen molar-refractivity contribution in [2.75, 3.05) is 9.80 Å². The van der Waals surface area contributed by atoms with Crippen LogP contribution in [0.1, 0.15) is 36.1 Å². The number of para-hydroxylation sites is 2. The SMILES string of the molecule is Cc1ccc(N(c2ccccc2)c2ccc3c(c2)C(C)(C)c2c-3c3ccccc3c3cc(N(c4ccccc4)c4ccc(C)c5ccccc45)ccc23)c2ccccc12. The Labute approximate surface area is 346 Å². The van der Waals surface area contributed by atoms with Crippen molar-refractivity contribution in [3.63, 3.8) is 0 Å². The topological polar surface area (TPSA) is 6.48 Å². The third-order valence-electron chi connectivity index (χ3n) is 12.8. The van der Waals surface area contributed by atoms with Crippen LogP contribution in [0.2, 0.25) is 0 Å². The van der Waals surface area contributed by atoms with Gasteiger partial charge in [-0.25, -0.2) is 0 Å². The molecule has 0 aliphatic heterocycles. The first-order valence-corrected chi connectivity index (χ1v) is 20.7. The van der Waals surface area contributed by atoms with Gasteiger partial charge in [0.15, 0.2) is 0 Å². The fourth-order valence-electron chi connectivity index (χ4n) is 10.1. The van der Waals surface area contributed by atoms with Gasteiger partial charge in [0, 0.05) is 38.9 Å². The molecule has 0 atom stereocenters. The predicted molar refractivity (Wildman–Crippen MR) is 253 cm³/mol. The number of aryl methyl sites for hydroxylation is 2. The van der Waals surface area contributed by atoms with Crippen LogP contribution < -0.4 is 9.80 Å². The molecular formula is C57H44N2. The molecule has 282 valence electrons. The zero-order valence-corrected chi connectivity index (χ0v) is 33.9. The number of benzene rings is 10. The molecule has 0 heterocycles. The molecule has 0 aromatic heterocycles. The van der Waals surface area contributed by atoms with E-state index in [4.69, 9.17) is 0 Å². The van der Waals surface area contributed by atoms with Crippen LogP contribution >= 0.6 is 0 Å². The maximum absolute atomic E-state index is 2.46. The van der Waals surface area contributed by atoms with Crippen LogP contribution in [0.3, 0.4) is 0 Å². The van der Waals surface area contributed by atoms with Crippen LogP contribution in [-0.2, 0) is 5.41 Å². The van der Waals surface area contributed by atoms with Gasteiger partial charge in [-0.3, -0.25) is 0 Å². The van der Waals surface area contributed by atoms with Crippen molar-refractivity contribution >= 4 is 77.2 Å². The Hall–Kier alpha value is -7.16. The smallest absolute Gasteiger partial charge is 0.0540 e. The van der Waals surface area contributed by atoms with E-state index in [9.17, 15) is 0 Å². The second-order valence-electron chi connectivity index (χ2n) is 16.6. The molecule has 11 rings (SSSR count). The molecule has 0 saturated carbocycles. The van der Waals surface area contributed by atoms with Gasteiger partial charge in [-0.15, -0.1) is 0 Å². The molecule has 2 nitrogen and oxygen atoms in total. The fourth-order valence-corrected chi connectivity index (χ4v) is 10.1. The van der Waals surface area contributed by atoms with Gasteiger partial charge >= 0.3 is 0 Å². The highest BCUT2D eigenvalue weighted by Gasteiger charge is 2.39. The van der Waals surface area contributed by atoms with Crippen LogP contribution in [0.4, 0.5) is 34.1 Å². The Kier molecular flexibility index (Phi) is 8.00. The Morgan fingerprint density at radius 3 is 1.36 bits per heavy atom. The molecular weight excluding hydrogens is 713 g/mol. The lowest BCUT2D eigenvalue weighted by molar-refractivity contribution is 0.666. The molecule has 0 unspecified atom stereocenters. The summed E-state index contributed by atoms with van der Waals surface area (Å²) in [5.41, 5.74) is 14.6.